The Morgan fingerprint density at radius 1 is 0.963 bits per heavy atom. The second-order valence-electron chi connectivity index (χ2n) is 5.57. The first-order valence-electron chi connectivity index (χ1n) is 7.87. The summed E-state index contributed by atoms with van der Waals surface area (Å²) < 4.78 is 0. The number of amides is 3. The van der Waals surface area contributed by atoms with Crippen LogP contribution >= 0.6 is 0 Å². The summed E-state index contributed by atoms with van der Waals surface area (Å²) in [6.45, 7) is -0.175. The molecule has 0 aromatic heterocycles. The zero-order valence-corrected chi connectivity index (χ0v) is 14.5. The van der Waals surface area contributed by atoms with Crippen LogP contribution in [0.1, 0.15) is 19.8 Å². The van der Waals surface area contributed by atoms with Crippen LogP contribution in [-0.4, -0.2) is 87.5 Å². The van der Waals surface area contributed by atoms with Crippen LogP contribution in [0.15, 0.2) is 0 Å². The van der Waals surface area contributed by atoms with Crippen LogP contribution in [0.2, 0.25) is 0 Å². The molecule has 0 aromatic carbocycles. The van der Waals surface area contributed by atoms with Gasteiger partial charge in [-0.25, -0.2) is 4.79 Å². The first-order valence-corrected chi connectivity index (χ1v) is 7.87. The largest absolute Gasteiger partial charge is 0.481 e. The van der Waals surface area contributed by atoms with Crippen LogP contribution in [-0.2, 0) is 24.0 Å². The number of carbonyl (C=O) groups excluding carboxylic acids is 3. The number of hydrogen-bond acceptors (Lipinski definition) is 8. The molecule has 0 aliphatic carbocycles. The van der Waals surface area contributed by atoms with Crippen LogP contribution < -0.4 is 21.7 Å². The maximum atomic E-state index is 12.1. The van der Waals surface area contributed by atoms with E-state index in [2.05, 4.69) is 10.6 Å². The second-order valence-corrected chi connectivity index (χ2v) is 5.57. The molecular formula is C14H24N4O9. The van der Waals surface area contributed by atoms with Crippen LogP contribution in [0.3, 0.4) is 0 Å². The van der Waals surface area contributed by atoms with E-state index in [-0.39, 0.29) is 0 Å². The third kappa shape index (κ3) is 8.94. The maximum absolute atomic E-state index is 12.1. The van der Waals surface area contributed by atoms with Crippen molar-refractivity contribution in [1.29, 1.82) is 0 Å². The van der Waals surface area contributed by atoms with Crippen molar-refractivity contribution in [3.8, 4) is 0 Å². The highest BCUT2D eigenvalue weighted by atomic mass is 16.4. The number of rotatable bonds is 12. The van der Waals surface area contributed by atoms with Crippen molar-refractivity contribution >= 4 is 29.7 Å². The first-order chi connectivity index (χ1) is 12.5. The molecule has 0 saturated carbocycles. The second kappa shape index (κ2) is 11.8. The van der Waals surface area contributed by atoms with E-state index in [4.69, 9.17) is 15.9 Å². The molecule has 4 atom stereocenters. The smallest absolute Gasteiger partial charge is 0.326 e. The van der Waals surface area contributed by atoms with Gasteiger partial charge >= 0.3 is 11.9 Å². The highest BCUT2D eigenvalue weighted by molar-refractivity contribution is 5.94. The van der Waals surface area contributed by atoms with E-state index in [1.807, 2.05) is 5.32 Å². The zero-order valence-electron chi connectivity index (χ0n) is 14.5. The van der Waals surface area contributed by atoms with Gasteiger partial charge in [0.2, 0.25) is 17.7 Å². The molecule has 9 N–H and O–H groups in total. The van der Waals surface area contributed by atoms with E-state index in [1.54, 1.807) is 0 Å². The van der Waals surface area contributed by atoms with Crippen molar-refractivity contribution in [2.75, 3.05) is 13.2 Å². The van der Waals surface area contributed by atoms with E-state index in [1.165, 1.54) is 6.92 Å². The Morgan fingerprint density at radius 3 is 1.93 bits per heavy atom. The number of nitrogens with two attached hydrogens (primary N) is 1. The Kier molecular flexibility index (Phi) is 10.6. The van der Waals surface area contributed by atoms with E-state index in [9.17, 15) is 34.2 Å². The van der Waals surface area contributed by atoms with Gasteiger partial charge < -0.3 is 42.1 Å². The molecule has 154 valence electrons. The molecule has 0 aromatic rings. The summed E-state index contributed by atoms with van der Waals surface area (Å²) in [5.41, 5.74) is 5.10. The van der Waals surface area contributed by atoms with Crippen molar-refractivity contribution < 1.29 is 44.4 Å². The molecule has 0 fully saturated rings. The molecule has 0 spiro atoms. The van der Waals surface area contributed by atoms with Crippen molar-refractivity contribution in [2.45, 2.75) is 44.0 Å². The molecule has 0 aliphatic rings. The summed E-state index contributed by atoms with van der Waals surface area (Å²) in [5.74, 6) is -5.61. The molecule has 0 saturated heterocycles. The molecule has 0 aliphatic heterocycles. The van der Waals surface area contributed by atoms with Gasteiger partial charge in [0.05, 0.1) is 19.3 Å². The molecule has 27 heavy (non-hydrogen) atoms. The third-order valence-electron chi connectivity index (χ3n) is 3.34. The summed E-state index contributed by atoms with van der Waals surface area (Å²) in [5, 5.41) is 42.6. The van der Waals surface area contributed by atoms with Gasteiger partial charge in [-0.15, -0.1) is 0 Å². The van der Waals surface area contributed by atoms with Gasteiger partial charge in [0.15, 0.2) is 0 Å². The molecule has 13 heteroatoms. The first kappa shape index (κ1) is 24.2. The van der Waals surface area contributed by atoms with Crippen LogP contribution in [0.25, 0.3) is 0 Å². The lowest BCUT2D eigenvalue weighted by atomic mass is 10.1. The summed E-state index contributed by atoms with van der Waals surface area (Å²) >= 11 is 0. The lowest BCUT2D eigenvalue weighted by molar-refractivity contribution is -0.143. The molecule has 13 nitrogen and oxygen atoms in total. The Morgan fingerprint density at radius 2 is 1.52 bits per heavy atom. The van der Waals surface area contributed by atoms with Gasteiger partial charge in [-0.1, -0.05) is 0 Å². The average molecular weight is 392 g/mol. The van der Waals surface area contributed by atoms with Crippen molar-refractivity contribution in [2.24, 2.45) is 5.73 Å². The van der Waals surface area contributed by atoms with Gasteiger partial charge in [-0.05, 0) is 13.3 Å². The quantitative estimate of drug-likeness (QED) is 0.159. The fraction of sp³-hybridized carbons (Fsp3) is 0.643. The van der Waals surface area contributed by atoms with Gasteiger partial charge in [0.25, 0.3) is 0 Å². The Bertz CT molecular complexity index is 567. The standard InChI is InChI=1S/C14H24N4O9/c1-6(20)11(18-9(21)4-15)13(25)17-8(5-19)12(24)16-7(14(26)27)2-3-10(22)23/h6-8,11,19-20H,2-5,15H2,1H3,(H,16,24)(H,17,25)(H,18,21)(H,22,23)(H,26,27). The molecule has 0 radical (unpaired) electrons. The highest BCUT2D eigenvalue weighted by Gasteiger charge is 2.31. The Labute approximate surface area is 153 Å². The predicted octanol–water partition coefficient (Wildman–Crippen LogP) is -4.28. The molecular weight excluding hydrogens is 368 g/mol. The zero-order chi connectivity index (χ0) is 21.1. The van der Waals surface area contributed by atoms with Gasteiger partial charge in [-0.3, -0.25) is 19.2 Å². The minimum Gasteiger partial charge on any atom is -0.481 e. The van der Waals surface area contributed by atoms with Gasteiger partial charge in [0.1, 0.15) is 18.1 Å². The SMILES string of the molecule is CC(O)C(NC(=O)CN)C(=O)NC(CO)C(=O)NC(CCC(=O)O)C(=O)O. The Balaban J connectivity index is 5.03. The number of nitrogens with one attached hydrogen (secondary N) is 3. The number of aliphatic hydroxyl groups excluding tert-OH is 2. The van der Waals surface area contributed by atoms with Gasteiger partial charge in [-0.2, -0.15) is 0 Å². The fourth-order valence-electron chi connectivity index (χ4n) is 1.89. The van der Waals surface area contributed by atoms with Crippen molar-refractivity contribution in [3.05, 3.63) is 0 Å². The number of carboxylic acid groups (broad SMARTS) is 2. The molecule has 0 rings (SSSR count). The Hall–Kier alpha value is -2.77. The normalized spacial score (nSPS) is 15.0. The number of carbonyl (C=O) groups is 5. The summed E-state index contributed by atoms with van der Waals surface area (Å²) in [7, 11) is 0. The van der Waals surface area contributed by atoms with Crippen LogP contribution in [0.4, 0.5) is 0 Å². The number of aliphatic hydroxyl groups is 2. The monoisotopic (exact) mass is 392 g/mol. The van der Waals surface area contributed by atoms with Gasteiger partial charge in [0, 0.05) is 6.42 Å². The van der Waals surface area contributed by atoms with E-state index >= 15 is 0 Å². The van der Waals surface area contributed by atoms with Crippen molar-refractivity contribution in [1.82, 2.24) is 16.0 Å². The van der Waals surface area contributed by atoms with E-state index in [0.29, 0.717) is 0 Å². The third-order valence-corrected chi connectivity index (χ3v) is 3.34. The topological polar surface area (TPSA) is 228 Å². The average Bonchev–Trinajstić information content (AvgIpc) is 2.59. The van der Waals surface area contributed by atoms with E-state index in [0.717, 1.165) is 0 Å². The summed E-state index contributed by atoms with van der Waals surface area (Å²) in [4.78, 5) is 57.1. The van der Waals surface area contributed by atoms with Crippen LogP contribution in [0, 0.1) is 0 Å². The minimum absolute atomic E-state index is 0.411. The molecule has 4 unspecified atom stereocenters. The van der Waals surface area contributed by atoms with E-state index < -0.39 is 79.9 Å². The lowest BCUT2D eigenvalue weighted by Crippen LogP contribution is -2.59. The molecule has 3 amide bonds. The van der Waals surface area contributed by atoms with Crippen molar-refractivity contribution in [3.63, 3.8) is 0 Å². The minimum atomic E-state index is -1.60. The molecule has 0 heterocycles. The number of carboxylic acids is 2. The lowest BCUT2D eigenvalue weighted by Gasteiger charge is -2.24. The van der Waals surface area contributed by atoms with Crippen LogP contribution in [0.5, 0.6) is 0 Å². The summed E-state index contributed by atoms with van der Waals surface area (Å²) in [6, 6.07) is -4.62. The summed E-state index contributed by atoms with van der Waals surface area (Å²) in [6.07, 6.45) is -2.29. The number of hydrogen-bond donors (Lipinski definition) is 8. The maximum Gasteiger partial charge on any atom is 0.326 e. The fourth-order valence-corrected chi connectivity index (χ4v) is 1.89. The number of aliphatic carboxylic acids is 2. The predicted molar refractivity (Wildman–Crippen MR) is 88.1 cm³/mol. The highest BCUT2D eigenvalue weighted by Crippen LogP contribution is 2.00. The molecule has 0 bridgehead atoms.